The van der Waals surface area contributed by atoms with Crippen molar-refractivity contribution in [2.75, 3.05) is 9.80 Å². The Hall–Kier alpha value is -10.0. The maximum atomic E-state index is 2.34. The third-order valence-electron chi connectivity index (χ3n) is 14.0. The van der Waals surface area contributed by atoms with Crippen LogP contribution in [0.2, 0.25) is 0 Å². The maximum absolute atomic E-state index is 2.34. The molecular formula is C74H54N2. The Morgan fingerprint density at radius 2 is 0.395 bits per heavy atom. The van der Waals surface area contributed by atoms with Gasteiger partial charge in [-0.25, -0.2) is 0 Å². The van der Waals surface area contributed by atoms with Crippen molar-refractivity contribution in [2.45, 2.75) is 0 Å². The first-order valence-corrected chi connectivity index (χ1v) is 26.0. The van der Waals surface area contributed by atoms with Gasteiger partial charge in [0.15, 0.2) is 0 Å². The molecule has 12 rings (SSSR count). The van der Waals surface area contributed by atoms with E-state index in [1.54, 1.807) is 0 Å². The fourth-order valence-corrected chi connectivity index (χ4v) is 10.4. The van der Waals surface area contributed by atoms with Crippen LogP contribution in [0, 0.1) is 0 Å². The van der Waals surface area contributed by atoms with Gasteiger partial charge < -0.3 is 9.80 Å². The van der Waals surface area contributed by atoms with Gasteiger partial charge in [0.2, 0.25) is 0 Å². The lowest BCUT2D eigenvalue weighted by molar-refractivity contribution is 1.28. The molecule has 360 valence electrons. The number of nitrogens with zero attached hydrogens (tertiary/aromatic N) is 2. The molecule has 0 spiro atoms. The number of hydrogen-bond acceptors (Lipinski definition) is 2. The van der Waals surface area contributed by atoms with Crippen molar-refractivity contribution in [3.63, 3.8) is 0 Å². The van der Waals surface area contributed by atoms with Crippen molar-refractivity contribution in [3.05, 3.63) is 326 Å². The molecule has 0 aliphatic carbocycles. The van der Waals surface area contributed by atoms with E-state index in [0.717, 1.165) is 67.5 Å². The molecule has 0 unspecified atom stereocenters. The third kappa shape index (κ3) is 10.0. The first-order valence-electron chi connectivity index (χ1n) is 26.0. The third-order valence-corrected chi connectivity index (χ3v) is 14.0. The number of para-hydroxylation sites is 2. The van der Waals surface area contributed by atoms with Crippen molar-refractivity contribution in [3.8, 4) is 44.5 Å². The molecule has 0 saturated heterocycles. The topological polar surface area (TPSA) is 6.48 Å². The normalized spacial score (nSPS) is 11.3. The summed E-state index contributed by atoms with van der Waals surface area (Å²) < 4.78 is 0. The Bertz CT molecular complexity index is 3630. The summed E-state index contributed by atoms with van der Waals surface area (Å²) >= 11 is 0. The summed E-state index contributed by atoms with van der Waals surface area (Å²) in [5.41, 5.74) is 20.6. The molecule has 12 aromatic carbocycles. The second kappa shape index (κ2) is 22.0. The highest BCUT2D eigenvalue weighted by Gasteiger charge is 2.25. The van der Waals surface area contributed by atoms with Gasteiger partial charge in [0.1, 0.15) is 0 Å². The van der Waals surface area contributed by atoms with Crippen molar-refractivity contribution in [2.24, 2.45) is 0 Å². The number of rotatable bonds is 14. The number of hydrogen-bond donors (Lipinski definition) is 0. The van der Waals surface area contributed by atoms with E-state index in [2.05, 4.69) is 325 Å². The fraction of sp³-hybridized carbons (Fsp3) is 0. The molecule has 0 atom stereocenters. The van der Waals surface area contributed by atoms with E-state index in [0.29, 0.717) is 0 Å². The molecule has 0 fully saturated rings. The summed E-state index contributed by atoms with van der Waals surface area (Å²) in [7, 11) is 0. The second-order valence-electron chi connectivity index (χ2n) is 18.9. The predicted octanol–water partition coefficient (Wildman–Crippen LogP) is 20.8. The largest absolute Gasteiger partial charge is 0.311 e. The summed E-state index contributed by atoms with van der Waals surface area (Å²) in [6.45, 7) is 0. The lowest BCUT2D eigenvalue weighted by Gasteiger charge is -2.27. The van der Waals surface area contributed by atoms with Crippen LogP contribution in [0.1, 0.15) is 22.3 Å². The smallest absolute Gasteiger partial charge is 0.0462 e. The molecule has 0 N–H and O–H groups in total. The zero-order chi connectivity index (χ0) is 50.9. The van der Waals surface area contributed by atoms with Crippen LogP contribution < -0.4 is 9.80 Å². The van der Waals surface area contributed by atoms with E-state index in [1.165, 1.54) is 44.2 Å². The Kier molecular flexibility index (Phi) is 13.6. The monoisotopic (exact) mass is 970 g/mol. The maximum Gasteiger partial charge on any atom is 0.0462 e. The minimum Gasteiger partial charge on any atom is -0.311 e. The van der Waals surface area contributed by atoms with Gasteiger partial charge in [-0.1, -0.05) is 255 Å². The number of anilines is 6. The minimum absolute atomic E-state index is 1.08. The average Bonchev–Trinajstić information content (AvgIpc) is 3.55. The van der Waals surface area contributed by atoms with Gasteiger partial charge in [-0.2, -0.15) is 0 Å². The summed E-state index contributed by atoms with van der Waals surface area (Å²) in [6, 6.07) is 109. The van der Waals surface area contributed by atoms with Crippen molar-refractivity contribution >= 4 is 69.2 Å². The molecule has 12 aromatic rings. The highest BCUT2D eigenvalue weighted by Crippen LogP contribution is 2.51. The van der Waals surface area contributed by atoms with E-state index in [4.69, 9.17) is 0 Å². The fourth-order valence-electron chi connectivity index (χ4n) is 10.4. The lowest BCUT2D eigenvalue weighted by atomic mass is 9.79. The molecule has 2 nitrogen and oxygen atoms in total. The molecular weight excluding hydrogens is 917 g/mol. The quantitative estimate of drug-likeness (QED) is 0.100. The van der Waals surface area contributed by atoms with E-state index < -0.39 is 0 Å². The van der Waals surface area contributed by atoms with Crippen LogP contribution in [0.15, 0.2) is 303 Å². The van der Waals surface area contributed by atoms with Gasteiger partial charge in [-0.3, -0.25) is 0 Å². The zero-order valence-electron chi connectivity index (χ0n) is 42.1. The first-order chi connectivity index (χ1) is 37.7. The summed E-state index contributed by atoms with van der Waals surface area (Å²) in [5.74, 6) is 0. The van der Waals surface area contributed by atoms with Gasteiger partial charge in [-0.15, -0.1) is 0 Å². The van der Waals surface area contributed by atoms with Crippen LogP contribution in [0.5, 0.6) is 0 Å². The van der Waals surface area contributed by atoms with Crippen LogP contribution in [0.25, 0.3) is 79.6 Å². The molecule has 76 heavy (non-hydrogen) atoms. The highest BCUT2D eigenvalue weighted by atomic mass is 15.1. The van der Waals surface area contributed by atoms with Gasteiger partial charge >= 0.3 is 0 Å². The molecule has 0 amide bonds. The average molecular weight is 971 g/mol. The summed E-state index contributed by atoms with van der Waals surface area (Å²) in [5, 5.41) is 2.39. The molecule has 2 heteroatoms. The molecule has 0 aliphatic rings. The minimum atomic E-state index is 1.08. The van der Waals surface area contributed by atoms with Gasteiger partial charge in [0.05, 0.1) is 0 Å². The van der Waals surface area contributed by atoms with E-state index in [9.17, 15) is 0 Å². The Balaban J connectivity index is 0.974. The summed E-state index contributed by atoms with van der Waals surface area (Å²) in [4.78, 5) is 4.68. The SMILES string of the molecule is C(=C\c1ccc(N(c2ccccc2)c2ccc(-c3c(-c4ccccc4)c(-c4ccccc4)c(-c4ccc(N(c5ccccc5)c5ccc(/C=C/c6ccccc6)cc5)cc4)c4ccccc34)cc2)cc1)/c1ccccc1. The van der Waals surface area contributed by atoms with Crippen LogP contribution in [0.3, 0.4) is 0 Å². The van der Waals surface area contributed by atoms with Crippen LogP contribution in [0.4, 0.5) is 34.1 Å². The van der Waals surface area contributed by atoms with Crippen LogP contribution >= 0.6 is 0 Å². The predicted molar refractivity (Wildman–Crippen MR) is 326 cm³/mol. The zero-order valence-corrected chi connectivity index (χ0v) is 42.1. The Morgan fingerprint density at radius 1 is 0.171 bits per heavy atom. The van der Waals surface area contributed by atoms with Crippen molar-refractivity contribution in [1.82, 2.24) is 0 Å². The first kappa shape index (κ1) is 47.0. The molecule has 0 bridgehead atoms. The second-order valence-corrected chi connectivity index (χ2v) is 18.9. The lowest BCUT2D eigenvalue weighted by Crippen LogP contribution is -2.09. The Morgan fingerprint density at radius 3 is 0.711 bits per heavy atom. The van der Waals surface area contributed by atoms with Crippen LogP contribution in [-0.4, -0.2) is 0 Å². The van der Waals surface area contributed by atoms with Crippen molar-refractivity contribution < 1.29 is 0 Å². The van der Waals surface area contributed by atoms with Crippen molar-refractivity contribution in [1.29, 1.82) is 0 Å². The molecule has 0 aliphatic heterocycles. The standard InChI is InChI=1S/C74H54N2/c1-7-21-55(22-8-1)35-37-57-39-47-65(48-40-57)75(63-29-15-5-16-30-63)67-51-43-61(44-52-67)71-69-33-19-20-34-70(69)72(74(60-27-13-4-14-28-60)73(71)59-25-11-3-12-26-59)62-45-53-68(54-46-62)76(64-31-17-6-18-32-64)66-49-41-58(42-50-66)38-36-56-23-9-2-10-24-56/h1-54H/b37-35+,38-36+. The van der Waals surface area contributed by atoms with E-state index >= 15 is 0 Å². The summed E-state index contributed by atoms with van der Waals surface area (Å²) in [6.07, 6.45) is 8.67. The van der Waals surface area contributed by atoms with Gasteiger partial charge in [-0.05, 0) is 150 Å². The van der Waals surface area contributed by atoms with E-state index in [-0.39, 0.29) is 0 Å². The highest BCUT2D eigenvalue weighted by molar-refractivity contribution is 6.18. The van der Waals surface area contributed by atoms with Gasteiger partial charge in [0.25, 0.3) is 0 Å². The number of fused-ring (bicyclic) bond motifs is 1. The van der Waals surface area contributed by atoms with Crippen LogP contribution in [-0.2, 0) is 0 Å². The number of benzene rings is 12. The molecule has 0 aromatic heterocycles. The Labute approximate surface area is 446 Å². The molecule has 0 radical (unpaired) electrons. The molecule has 0 heterocycles. The molecule has 0 saturated carbocycles. The van der Waals surface area contributed by atoms with Gasteiger partial charge in [0, 0.05) is 34.1 Å². The van der Waals surface area contributed by atoms with E-state index in [1.807, 2.05) is 12.1 Å².